The third-order valence-corrected chi connectivity index (χ3v) is 4.36. The second kappa shape index (κ2) is 2.05. The molecule has 0 aromatic heterocycles. The lowest BCUT2D eigenvalue weighted by atomic mass is 9.43. The first kappa shape index (κ1) is 8.52. The quantitative estimate of drug-likeness (QED) is 0.573. The molecule has 2 N–H and O–H groups in total. The number of fused-ring (bicyclic) bond motifs is 2. The molecule has 0 aromatic carbocycles. The van der Waals surface area contributed by atoms with Crippen molar-refractivity contribution in [3.8, 4) is 0 Å². The lowest BCUT2D eigenvalue weighted by Crippen LogP contribution is -2.66. The molecule has 3 aliphatic carbocycles. The third-order valence-electron chi connectivity index (χ3n) is 4.36. The lowest BCUT2D eigenvalue weighted by molar-refractivity contribution is -0.245. The fourth-order valence-corrected chi connectivity index (χ4v) is 3.15. The van der Waals surface area contributed by atoms with Crippen molar-refractivity contribution in [1.29, 1.82) is 0 Å². The van der Waals surface area contributed by atoms with Crippen molar-refractivity contribution in [3.63, 3.8) is 0 Å². The molecule has 12 heavy (non-hydrogen) atoms. The fourth-order valence-electron chi connectivity index (χ4n) is 3.15. The molecule has 2 heteroatoms. The van der Waals surface area contributed by atoms with Crippen molar-refractivity contribution >= 4 is 0 Å². The van der Waals surface area contributed by atoms with E-state index < -0.39 is 11.7 Å². The average Bonchev–Trinajstić information content (AvgIpc) is 1.93. The van der Waals surface area contributed by atoms with E-state index in [1.165, 1.54) is 0 Å². The van der Waals surface area contributed by atoms with Crippen LogP contribution >= 0.6 is 0 Å². The number of aliphatic hydroxyl groups excluding tert-OH is 1. The number of hydrogen-bond donors (Lipinski definition) is 2. The predicted molar refractivity (Wildman–Crippen MR) is 46.6 cm³/mol. The van der Waals surface area contributed by atoms with Gasteiger partial charge in [0, 0.05) is 0 Å². The van der Waals surface area contributed by atoms with Crippen molar-refractivity contribution in [2.45, 2.75) is 45.3 Å². The summed E-state index contributed by atoms with van der Waals surface area (Å²) in [6, 6.07) is 0. The van der Waals surface area contributed by atoms with Gasteiger partial charge in [0.2, 0.25) is 0 Å². The molecule has 3 aliphatic rings. The van der Waals surface area contributed by atoms with E-state index in [9.17, 15) is 10.2 Å². The number of aliphatic hydroxyl groups is 2. The first-order valence-electron chi connectivity index (χ1n) is 4.77. The highest BCUT2D eigenvalue weighted by molar-refractivity contribution is 5.12. The zero-order chi connectivity index (χ0) is 9.15. The minimum absolute atomic E-state index is 0.239. The summed E-state index contributed by atoms with van der Waals surface area (Å²) in [6.07, 6.45) is 1.36. The van der Waals surface area contributed by atoms with Crippen LogP contribution in [0.15, 0.2) is 0 Å². The van der Waals surface area contributed by atoms with Gasteiger partial charge in [-0.25, -0.2) is 0 Å². The molecule has 2 bridgehead atoms. The van der Waals surface area contributed by atoms with Gasteiger partial charge in [-0.3, -0.25) is 0 Å². The SMILES string of the molecule is CC1(C)[C@@H]2C[C@@H](O)C(C)(O)[C@H]1C2. The Bertz CT molecular complexity index is 208. The standard InChI is InChI=1S/C10H18O2/c1-9(2)6-4-7(9)10(3,12)8(11)5-6/h6-8,11-12H,4-5H2,1-3H3/t6-,7-,8+,10?/m0/s1. The maximum absolute atomic E-state index is 10.0. The summed E-state index contributed by atoms with van der Waals surface area (Å²) in [6.45, 7) is 6.18. The Balaban J connectivity index is 2.27. The summed E-state index contributed by atoms with van der Waals surface area (Å²) < 4.78 is 0. The van der Waals surface area contributed by atoms with E-state index in [-0.39, 0.29) is 5.41 Å². The normalized spacial score (nSPS) is 56.2. The lowest BCUT2D eigenvalue weighted by Gasteiger charge is -2.64. The molecule has 70 valence electrons. The van der Waals surface area contributed by atoms with Crippen LogP contribution in [0.5, 0.6) is 0 Å². The monoisotopic (exact) mass is 170 g/mol. The molecule has 0 spiro atoms. The third kappa shape index (κ3) is 0.775. The van der Waals surface area contributed by atoms with E-state index >= 15 is 0 Å². The zero-order valence-corrected chi connectivity index (χ0v) is 8.04. The Morgan fingerprint density at radius 1 is 1.17 bits per heavy atom. The van der Waals surface area contributed by atoms with Gasteiger partial charge in [-0.2, -0.15) is 0 Å². The summed E-state index contributed by atoms with van der Waals surface area (Å²) in [5.41, 5.74) is -0.610. The highest BCUT2D eigenvalue weighted by Crippen LogP contribution is 2.62. The van der Waals surface area contributed by atoms with Gasteiger partial charge >= 0.3 is 0 Å². The molecule has 0 saturated heterocycles. The first-order chi connectivity index (χ1) is 5.37. The molecule has 0 heterocycles. The molecule has 1 unspecified atom stereocenters. The molecule has 0 aliphatic heterocycles. The van der Waals surface area contributed by atoms with Crippen molar-refractivity contribution in [2.24, 2.45) is 17.3 Å². The topological polar surface area (TPSA) is 40.5 Å². The second-order valence-corrected chi connectivity index (χ2v) is 5.28. The van der Waals surface area contributed by atoms with Crippen LogP contribution in [-0.4, -0.2) is 21.9 Å². The highest BCUT2D eigenvalue weighted by Gasteiger charge is 2.62. The van der Waals surface area contributed by atoms with Crippen LogP contribution in [0, 0.1) is 17.3 Å². The molecular weight excluding hydrogens is 152 g/mol. The fraction of sp³-hybridized carbons (Fsp3) is 1.00. The van der Waals surface area contributed by atoms with Crippen molar-refractivity contribution in [3.05, 3.63) is 0 Å². The minimum atomic E-state index is -0.849. The van der Waals surface area contributed by atoms with E-state index in [0.717, 1.165) is 12.8 Å². The highest BCUT2D eigenvalue weighted by atomic mass is 16.3. The molecular formula is C10H18O2. The Labute approximate surface area is 73.6 Å². The molecule has 2 nitrogen and oxygen atoms in total. The largest absolute Gasteiger partial charge is 0.390 e. The zero-order valence-electron chi connectivity index (χ0n) is 8.04. The van der Waals surface area contributed by atoms with Gasteiger partial charge in [0.15, 0.2) is 0 Å². The summed E-state index contributed by atoms with van der Waals surface area (Å²) in [5, 5.41) is 19.7. The van der Waals surface area contributed by atoms with Crippen LogP contribution in [0.25, 0.3) is 0 Å². The second-order valence-electron chi connectivity index (χ2n) is 5.28. The molecule has 3 saturated carbocycles. The molecule has 3 fully saturated rings. The predicted octanol–water partition coefficient (Wildman–Crippen LogP) is 1.16. The molecule has 0 aromatic rings. The van der Waals surface area contributed by atoms with E-state index in [1.54, 1.807) is 6.92 Å². The van der Waals surface area contributed by atoms with Gasteiger partial charge in [-0.05, 0) is 37.0 Å². The number of rotatable bonds is 0. The Hall–Kier alpha value is -0.0800. The Kier molecular flexibility index (Phi) is 1.45. The van der Waals surface area contributed by atoms with Crippen LogP contribution in [0.1, 0.15) is 33.6 Å². The van der Waals surface area contributed by atoms with Crippen LogP contribution in [0.2, 0.25) is 0 Å². The van der Waals surface area contributed by atoms with Gasteiger partial charge in [-0.15, -0.1) is 0 Å². The van der Waals surface area contributed by atoms with Gasteiger partial charge in [0.25, 0.3) is 0 Å². The van der Waals surface area contributed by atoms with Crippen molar-refractivity contribution in [1.82, 2.24) is 0 Å². The molecule has 0 amide bonds. The Morgan fingerprint density at radius 2 is 1.75 bits per heavy atom. The van der Waals surface area contributed by atoms with E-state index in [1.807, 2.05) is 0 Å². The van der Waals surface area contributed by atoms with Gasteiger partial charge < -0.3 is 10.2 Å². The summed E-state index contributed by atoms with van der Waals surface area (Å²) in [7, 11) is 0. The van der Waals surface area contributed by atoms with Crippen LogP contribution in [0.4, 0.5) is 0 Å². The summed E-state index contributed by atoms with van der Waals surface area (Å²) in [4.78, 5) is 0. The summed E-state index contributed by atoms with van der Waals surface area (Å²) in [5.74, 6) is 0.913. The van der Waals surface area contributed by atoms with E-state index in [0.29, 0.717) is 11.8 Å². The average molecular weight is 170 g/mol. The van der Waals surface area contributed by atoms with Gasteiger partial charge in [-0.1, -0.05) is 13.8 Å². The van der Waals surface area contributed by atoms with E-state index in [2.05, 4.69) is 13.8 Å². The maximum Gasteiger partial charge on any atom is 0.0910 e. The van der Waals surface area contributed by atoms with Crippen LogP contribution < -0.4 is 0 Å². The summed E-state index contributed by atoms with van der Waals surface area (Å²) >= 11 is 0. The minimum Gasteiger partial charge on any atom is -0.390 e. The number of hydrogen-bond acceptors (Lipinski definition) is 2. The van der Waals surface area contributed by atoms with E-state index in [4.69, 9.17) is 0 Å². The van der Waals surface area contributed by atoms with Gasteiger partial charge in [0.05, 0.1) is 11.7 Å². The maximum atomic E-state index is 10.0. The first-order valence-corrected chi connectivity index (χ1v) is 4.77. The van der Waals surface area contributed by atoms with Crippen LogP contribution in [0.3, 0.4) is 0 Å². The molecule has 4 atom stereocenters. The van der Waals surface area contributed by atoms with Crippen molar-refractivity contribution < 1.29 is 10.2 Å². The van der Waals surface area contributed by atoms with Crippen molar-refractivity contribution in [2.75, 3.05) is 0 Å². The molecule has 0 radical (unpaired) electrons. The smallest absolute Gasteiger partial charge is 0.0910 e. The van der Waals surface area contributed by atoms with Gasteiger partial charge in [0.1, 0.15) is 0 Å². The molecule has 3 rings (SSSR count). The Morgan fingerprint density at radius 3 is 2.08 bits per heavy atom. The van der Waals surface area contributed by atoms with Crippen LogP contribution in [-0.2, 0) is 0 Å².